The third-order valence-corrected chi connectivity index (χ3v) is 5.40. The fourth-order valence-corrected chi connectivity index (χ4v) is 4.18. The van der Waals surface area contributed by atoms with Crippen LogP contribution < -0.4 is 0 Å². The second-order valence-corrected chi connectivity index (χ2v) is 6.65. The highest BCUT2D eigenvalue weighted by Crippen LogP contribution is 2.50. The van der Waals surface area contributed by atoms with Crippen LogP contribution in [-0.2, 0) is 4.79 Å². The fraction of sp³-hybridized carbons (Fsp3) is 0.438. The molecule has 1 saturated carbocycles. The maximum absolute atomic E-state index is 12.7. The van der Waals surface area contributed by atoms with Crippen LogP contribution in [0.1, 0.15) is 41.9 Å². The molecule has 2 aromatic rings. The lowest BCUT2D eigenvalue weighted by Crippen LogP contribution is -2.31. The Morgan fingerprint density at radius 3 is 3.05 bits per heavy atom. The highest BCUT2D eigenvalue weighted by molar-refractivity contribution is 7.10. The molecule has 2 fully saturated rings. The van der Waals surface area contributed by atoms with Gasteiger partial charge in [-0.25, -0.2) is 0 Å². The van der Waals surface area contributed by atoms with Crippen LogP contribution in [0, 0.1) is 5.92 Å². The molecule has 2 aliphatic rings. The number of carbonyl (C=O) groups is 1. The van der Waals surface area contributed by atoms with Gasteiger partial charge in [-0.3, -0.25) is 4.79 Å². The number of thiophene rings is 1. The van der Waals surface area contributed by atoms with Crippen LogP contribution in [0.5, 0.6) is 0 Å². The van der Waals surface area contributed by atoms with Gasteiger partial charge >= 0.3 is 0 Å². The van der Waals surface area contributed by atoms with Crippen molar-refractivity contribution in [1.82, 2.24) is 4.90 Å². The van der Waals surface area contributed by atoms with Gasteiger partial charge in [0.25, 0.3) is 0 Å². The summed E-state index contributed by atoms with van der Waals surface area (Å²) < 4.78 is 5.43. The van der Waals surface area contributed by atoms with Gasteiger partial charge in [0.15, 0.2) is 0 Å². The van der Waals surface area contributed by atoms with Crippen molar-refractivity contribution in [2.75, 3.05) is 6.54 Å². The van der Waals surface area contributed by atoms with Crippen molar-refractivity contribution in [1.29, 1.82) is 0 Å². The van der Waals surface area contributed by atoms with Crippen molar-refractivity contribution in [3.8, 4) is 0 Å². The molecule has 20 heavy (non-hydrogen) atoms. The summed E-state index contributed by atoms with van der Waals surface area (Å²) in [5.74, 6) is 1.74. The van der Waals surface area contributed by atoms with Gasteiger partial charge in [-0.05, 0) is 42.8 Å². The molecule has 0 N–H and O–H groups in total. The first-order valence-electron chi connectivity index (χ1n) is 7.22. The fourth-order valence-electron chi connectivity index (χ4n) is 3.30. The van der Waals surface area contributed by atoms with Gasteiger partial charge in [0.1, 0.15) is 5.76 Å². The van der Waals surface area contributed by atoms with E-state index in [1.807, 2.05) is 12.1 Å². The minimum Gasteiger partial charge on any atom is -0.469 e. The number of carbonyl (C=O) groups excluding carboxylic acids is 1. The molecule has 0 radical (unpaired) electrons. The quantitative estimate of drug-likeness (QED) is 0.860. The predicted molar refractivity (Wildman–Crippen MR) is 77.6 cm³/mol. The van der Waals surface area contributed by atoms with Gasteiger partial charge in [-0.2, -0.15) is 0 Å². The monoisotopic (exact) mass is 287 g/mol. The van der Waals surface area contributed by atoms with Crippen molar-refractivity contribution in [3.05, 3.63) is 46.5 Å². The molecular weight excluding hydrogens is 270 g/mol. The molecular formula is C16H17NO2S. The van der Waals surface area contributed by atoms with Gasteiger partial charge in [0, 0.05) is 23.3 Å². The second kappa shape index (κ2) is 4.77. The molecule has 3 heterocycles. The van der Waals surface area contributed by atoms with Crippen molar-refractivity contribution in [2.45, 2.75) is 31.2 Å². The Balaban J connectivity index is 1.49. The molecule has 3 unspecified atom stereocenters. The summed E-state index contributed by atoms with van der Waals surface area (Å²) >= 11 is 1.76. The normalized spacial score (nSPS) is 28.8. The van der Waals surface area contributed by atoms with E-state index in [2.05, 4.69) is 22.4 Å². The van der Waals surface area contributed by atoms with Crippen LogP contribution in [0.2, 0.25) is 0 Å². The lowest BCUT2D eigenvalue weighted by Gasteiger charge is -2.24. The van der Waals surface area contributed by atoms with E-state index < -0.39 is 0 Å². The number of nitrogens with zero attached hydrogens (tertiary/aromatic N) is 1. The molecule has 1 aliphatic carbocycles. The Hall–Kier alpha value is -1.55. The highest BCUT2D eigenvalue weighted by Gasteiger charge is 2.49. The Labute approximate surface area is 122 Å². The zero-order valence-electron chi connectivity index (χ0n) is 11.2. The Morgan fingerprint density at radius 2 is 2.30 bits per heavy atom. The van der Waals surface area contributed by atoms with Gasteiger partial charge < -0.3 is 9.32 Å². The third kappa shape index (κ3) is 1.99. The van der Waals surface area contributed by atoms with Gasteiger partial charge in [0.2, 0.25) is 5.91 Å². The van der Waals surface area contributed by atoms with Crippen molar-refractivity contribution >= 4 is 17.2 Å². The van der Waals surface area contributed by atoms with E-state index in [4.69, 9.17) is 4.42 Å². The summed E-state index contributed by atoms with van der Waals surface area (Å²) in [7, 11) is 0. The molecule has 2 aromatic heterocycles. The molecule has 3 nitrogen and oxygen atoms in total. The molecule has 0 bridgehead atoms. The number of likely N-dealkylation sites (tertiary alicyclic amines) is 1. The van der Waals surface area contributed by atoms with Crippen LogP contribution >= 0.6 is 11.3 Å². The Bertz CT molecular complexity index is 590. The maximum atomic E-state index is 12.7. The third-order valence-electron chi connectivity index (χ3n) is 4.42. The summed E-state index contributed by atoms with van der Waals surface area (Å²) in [6, 6.07) is 8.42. The van der Waals surface area contributed by atoms with Gasteiger partial charge in [-0.1, -0.05) is 6.07 Å². The second-order valence-electron chi connectivity index (χ2n) is 5.67. The smallest absolute Gasteiger partial charge is 0.226 e. The van der Waals surface area contributed by atoms with Crippen LogP contribution in [-0.4, -0.2) is 17.4 Å². The van der Waals surface area contributed by atoms with E-state index >= 15 is 0 Å². The highest BCUT2D eigenvalue weighted by atomic mass is 32.1. The average molecular weight is 287 g/mol. The maximum Gasteiger partial charge on any atom is 0.226 e. The van der Waals surface area contributed by atoms with Crippen molar-refractivity contribution in [3.63, 3.8) is 0 Å². The molecule has 1 aliphatic heterocycles. The molecule has 3 atom stereocenters. The molecule has 1 saturated heterocycles. The lowest BCUT2D eigenvalue weighted by molar-refractivity contribution is -0.133. The molecule has 4 heteroatoms. The number of amides is 1. The predicted octanol–water partition coefficient (Wildman–Crippen LogP) is 3.81. The molecule has 1 amide bonds. The van der Waals surface area contributed by atoms with Crippen molar-refractivity contribution < 1.29 is 9.21 Å². The van der Waals surface area contributed by atoms with Crippen LogP contribution in [0.3, 0.4) is 0 Å². The first-order chi connectivity index (χ1) is 9.84. The van der Waals surface area contributed by atoms with Crippen molar-refractivity contribution in [2.24, 2.45) is 5.92 Å². The van der Waals surface area contributed by atoms with E-state index in [1.165, 1.54) is 4.88 Å². The van der Waals surface area contributed by atoms with Crippen LogP contribution in [0.4, 0.5) is 0 Å². The molecule has 0 aromatic carbocycles. The molecule has 104 valence electrons. The number of hydrogen-bond acceptors (Lipinski definition) is 3. The Kier molecular flexibility index (Phi) is 2.91. The van der Waals surface area contributed by atoms with Gasteiger partial charge in [0.05, 0.1) is 12.3 Å². The summed E-state index contributed by atoms with van der Waals surface area (Å²) in [4.78, 5) is 16.1. The topological polar surface area (TPSA) is 33.5 Å². The molecule has 0 spiro atoms. The van der Waals surface area contributed by atoms with E-state index in [-0.39, 0.29) is 5.92 Å². The largest absolute Gasteiger partial charge is 0.469 e. The number of hydrogen-bond donors (Lipinski definition) is 0. The lowest BCUT2D eigenvalue weighted by atomic mass is 10.1. The minimum atomic E-state index is 0.140. The zero-order chi connectivity index (χ0) is 13.5. The van der Waals surface area contributed by atoms with Gasteiger partial charge in [-0.15, -0.1) is 11.3 Å². The summed E-state index contributed by atoms with van der Waals surface area (Å²) in [5, 5.41) is 2.10. The van der Waals surface area contributed by atoms with E-state index in [0.29, 0.717) is 17.9 Å². The van der Waals surface area contributed by atoms with Crippen LogP contribution in [0.15, 0.2) is 40.3 Å². The molecule has 4 rings (SSSR count). The average Bonchev–Trinajstić information content (AvgIpc) is 2.97. The van der Waals surface area contributed by atoms with E-state index in [1.54, 1.807) is 17.6 Å². The zero-order valence-corrected chi connectivity index (χ0v) is 12.0. The van der Waals surface area contributed by atoms with E-state index in [0.717, 1.165) is 31.6 Å². The number of furan rings is 1. The standard InChI is InChI=1S/C16H17NO2S/c18-16(12-10-11(12)14-5-2-8-19-14)17-7-1-4-13(17)15-6-3-9-20-15/h2-3,5-6,8-9,11-13H,1,4,7,10H2. The first kappa shape index (κ1) is 12.2. The first-order valence-corrected chi connectivity index (χ1v) is 8.10. The van der Waals surface area contributed by atoms with E-state index in [9.17, 15) is 4.79 Å². The summed E-state index contributed by atoms with van der Waals surface area (Å²) in [6.45, 7) is 0.906. The minimum absolute atomic E-state index is 0.140. The Morgan fingerprint density at radius 1 is 1.35 bits per heavy atom. The van der Waals surface area contributed by atoms with Crippen LogP contribution in [0.25, 0.3) is 0 Å². The number of rotatable bonds is 3. The SMILES string of the molecule is O=C(C1CC1c1ccco1)N1CCCC1c1cccs1. The summed E-state index contributed by atoms with van der Waals surface area (Å²) in [6.07, 6.45) is 4.86. The summed E-state index contributed by atoms with van der Waals surface area (Å²) in [5.41, 5.74) is 0.